The zero-order chi connectivity index (χ0) is 13.1. The van der Waals surface area contributed by atoms with Gasteiger partial charge in [-0.25, -0.2) is 9.78 Å². The summed E-state index contributed by atoms with van der Waals surface area (Å²) < 4.78 is 6.16. The molecule has 94 valence electrons. The first-order valence-corrected chi connectivity index (χ1v) is 5.36. The SMILES string of the molecule is CCOC(=O)c1cn(-c2c(O)cccc2O)cn1. The Morgan fingerprint density at radius 1 is 1.39 bits per heavy atom. The van der Waals surface area contributed by atoms with Crippen molar-refractivity contribution in [1.29, 1.82) is 0 Å². The lowest BCUT2D eigenvalue weighted by Crippen LogP contribution is -2.04. The van der Waals surface area contributed by atoms with E-state index >= 15 is 0 Å². The second-order valence-corrected chi connectivity index (χ2v) is 3.53. The molecule has 0 saturated heterocycles. The van der Waals surface area contributed by atoms with E-state index in [1.807, 2.05) is 0 Å². The normalized spacial score (nSPS) is 10.3. The van der Waals surface area contributed by atoms with Gasteiger partial charge in [0.05, 0.1) is 6.61 Å². The topological polar surface area (TPSA) is 84.6 Å². The highest BCUT2D eigenvalue weighted by Gasteiger charge is 2.14. The number of esters is 1. The maximum atomic E-state index is 11.4. The lowest BCUT2D eigenvalue weighted by Gasteiger charge is -2.06. The van der Waals surface area contributed by atoms with Crippen LogP contribution < -0.4 is 0 Å². The number of carbonyl (C=O) groups is 1. The van der Waals surface area contributed by atoms with Crippen molar-refractivity contribution in [2.45, 2.75) is 6.92 Å². The summed E-state index contributed by atoms with van der Waals surface area (Å²) in [6.45, 7) is 1.96. The molecule has 6 heteroatoms. The number of hydrogen-bond acceptors (Lipinski definition) is 5. The van der Waals surface area contributed by atoms with Crippen LogP contribution in [0.25, 0.3) is 5.69 Å². The van der Waals surface area contributed by atoms with Crippen molar-refractivity contribution in [3.8, 4) is 17.2 Å². The first-order chi connectivity index (χ1) is 8.63. The van der Waals surface area contributed by atoms with Gasteiger partial charge in [0.25, 0.3) is 0 Å². The van der Waals surface area contributed by atoms with Gasteiger partial charge in [-0.2, -0.15) is 0 Å². The van der Waals surface area contributed by atoms with Gasteiger partial charge < -0.3 is 14.9 Å². The summed E-state index contributed by atoms with van der Waals surface area (Å²) in [5.41, 5.74) is 0.278. The molecule has 0 bridgehead atoms. The fourth-order valence-corrected chi connectivity index (χ4v) is 1.54. The van der Waals surface area contributed by atoms with Crippen LogP contribution in [0, 0.1) is 0 Å². The molecular formula is C12H12N2O4. The first-order valence-electron chi connectivity index (χ1n) is 5.36. The maximum absolute atomic E-state index is 11.4. The highest BCUT2D eigenvalue weighted by atomic mass is 16.5. The number of imidazole rings is 1. The molecule has 0 spiro atoms. The van der Waals surface area contributed by atoms with Crippen molar-refractivity contribution in [2.75, 3.05) is 6.61 Å². The molecule has 0 atom stereocenters. The van der Waals surface area contributed by atoms with Gasteiger partial charge >= 0.3 is 5.97 Å². The number of ether oxygens (including phenoxy) is 1. The number of benzene rings is 1. The quantitative estimate of drug-likeness (QED) is 0.803. The molecule has 1 aromatic carbocycles. The van der Waals surface area contributed by atoms with Crippen molar-refractivity contribution in [3.63, 3.8) is 0 Å². The molecule has 0 saturated carbocycles. The second kappa shape index (κ2) is 4.79. The van der Waals surface area contributed by atoms with Gasteiger partial charge in [0.1, 0.15) is 23.5 Å². The van der Waals surface area contributed by atoms with E-state index in [1.54, 1.807) is 6.92 Å². The van der Waals surface area contributed by atoms with Crippen molar-refractivity contribution >= 4 is 5.97 Å². The molecule has 0 amide bonds. The van der Waals surface area contributed by atoms with Crippen LogP contribution in [-0.2, 0) is 4.74 Å². The van der Waals surface area contributed by atoms with E-state index < -0.39 is 5.97 Å². The molecule has 0 aliphatic heterocycles. The Kier molecular flexibility index (Phi) is 3.18. The summed E-state index contributed by atoms with van der Waals surface area (Å²) in [7, 11) is 0. The zero-order valence-electron chi connectivity index (χ0n) is 9.70. The summed E-state index contributed by atoms with van der Waals surface area (Å²) >= 11 is 0. The van der Waals surface area contributed by atoms with E-state index in [0.717, 1.165) is 0 Å². The summed E-state index contributed by atoms with van der Waals surface area (Å²) in [6, 6.07) is 4.37. The van der Waals surface area contributed by atoms with E-state index in [9.17, 15) is 15.0 Å². The van der Waals surface area contributed by atoms with Gasteiger partial charge in [0.2, 0.25) is 0 Å². The monoisotopic (exact) mass is 248 g/mol. The Bertz CT molecular complexity index is 557. The number of nitrogens with zero attached hydrogens (tertiary/aromatic N) is 2. The number of phenols is 2. The molecular weight excluding hydrogens is 236 g/mol. The molecule has 0 radical (unpaired) electrons. The number of phenolic OH excluding ortho intramolecular Hbond substituents is 2. The van der Waals surface area contributed by atoms with E-state index in [-0.39, 0.29) is 29.5 Å². The minimum Gasteiger partial charge on any atom is -0.506 e. The molecule has 0 fully saturated rings. The van der Waals surface area contributed by atoms with Gasteiger partial charge in [-0.05, 0) is 19.1 Å². The van der Waals surface area contributed by atoms with Crippen molar-refractivity contribution in [1.82, 2.24) is 9.55 Å². The van der Waals surface area contributed by atoms with Gasteiger partial charge in [-0.3, -0.25) is 4.57 Å². The minimum atomic E-state index is -0.550. The van der Waals surface area contributed by atoms with Crippen molar-refractivity contribution in [3.05, 3.63) is 36.4 Å². The number of carbonyl (C=O) groups excluding carboxylic acids is 1. The van der Waals surface area contributed by atoms with Gasteiger partial charge in [0, 0.05) is 6.20 Å². The predicted octanol–water partition coefficient (Wildman–Crippen LogP) is 1.46. The third-order valence-corrected chi connectivity index (χ3v) is 2.32. The highest BCUT2D eigenvalue weighted by molar-refractivity contribution is 5.87. The zero-order valence-corrected chi connectivity index (χ0v) is 9.70. The van der Waals surface area contributed by atoms with Crippen LogP contribution in [0.3, 0.4) is 0 Å². The molecule has 2 aromatic rings. The van der Waals surface area contributed by atoms with Crippen LogP contribution in [0.2, 0.25) is 0 Å². The number of para-hydroxylation sites is 1. The molecule has 0 unspecified atom stereocenters. The summed E-state index contributed by atoms with van der Waals surface area (Å²) in [5, 5.41) is 19.3. The Hall–Kier alpha value is -2.50. The third-order valence-electron chi connectivity index (χ3n) is 2.32. The Morgan fingerprint density at radius 3 is 2.67 bits per heavy atom. The summed E-state index contributed by atoms with van der Waals surface area (Å²) in [5.74, 6) is -0.767. The smallest absolute Gasteiger partial charge is 0.358 e. The minimum absolute atomic E-state index is 0.109. The maximum Gasteiger partial charge on any atom is 0.358 e. The van der Waals surface area contributed by atoms with Gasteiger partial charge in [-0.15, -0.1) is 0 Å². The Morgan fingerprint density at radius 2 is 2.06 bits per heavy atom. The Labute approximate surface area is 103 Å². The predicted molar refractivity (Wildman–Crippen MR) is 62.9 cm³/mol. The van der Waals surface area contributed by atoms with Gasteiger partial charge in [0.15, 0.2) is 5.69 Å². The number of hydrogen-bond donors (Lipinski definition) is 2. The lowest BCUT2D eigenvalue weighted by molar-refractivity contribution is 0.0520. The van der Waals surface area contributed by atoms with E-state index in [1.165, 1.54) is 35.3 Å². The van der Waals surface area contributed by atoms with E-state index in [2.05, 4.69) is 4.98 Å². The number of aromatic nitrogens is 2. The van der Waals surface area contributed by atoms with E-state index in [4.69, 9.17) is 4.74 Å². The molecule has 1 aromatic heterocycles. The van der Waals surface area contributed by atoms with Crippen molar-refractivity contribution < 1.29 is 19.7 Å². The van der Waals surface area contributed by atoms with Crippen LogP contribution in [0.5, 0.6) is 11.5 Å². The first kappa shape index (κ1) is 12.0. The van der Waals surface area contributed by atoms with Gasteiger partial charge in [-0.1, -0.05) is 6.07 Å². The average molecular weight is 248 g/mol. The average Bonchev–Trinajstić information content (AvgIpc) is 2.78. The molecule has 2 rings (SSSR count). The molecule has 6 nitrogen and oxygen atoms in total. The van der Waals surface area contributed by atoms with Crippen LogP contribution in [0.4, 0.5) is 0 Å². The highest BCUT2D eigenvalue weighted by Crippen LogP contribution is 2.30. The lowest BCUT2D eigenvalue weighted by atomic mass is 10.2. The van der Waals surface area contributed by atoms with Crippen LogP contribution in [0.15, 0.2) is 30.7 Å². The second-order valence-electron chi connectivity index (χ2n) is 3.53. The molecule has 1 heterocycles. The largest absolute Gasteiger partial charge is 0.506 e. The standard InChI is InChI=1S/C12H12N2O4/c1-2-18-12(17)8-6-14(7-13-8)11-9(15)4-3-5-10(11)16/h3-7,15-16H,2H2,1H3. The summed E-state index contributed by atoms with van der Waals surface area (Å²) in [6.07, 6.45) is 2.70. The Balaban J connectivity index is 2.38. The summed E-state index contributed by atoms with van der Waals surface area (Å²) in [4.78, 5) is 15.3. The van der Waals surface area contributed by atoms with Crippen LogP contribution >= 0.6 is 0 Å². The molecule has 2 N–H and O–H groups in total. The van der Waals surface area contributed by atoms with E-state index in [0.29, 0.717) is 0 Å². The fraction of sp³-hybridized carbons (Fsp3) is 0.167. The number of rotatable bonds is 3. The van der Waals surface area contributed by atoms with Crippen LogP contribution in [-0.4, -0.2) is 32.3 Å². The third kappa shape index (κ3) is 2.13. The molecule has 0 aliphatic carbocycles. The van der Waals surface area contributed by atoms with Crippen molar-refractivity contribution in [2.24, 2.45) is 0 Å². The molecule has 18 heavy (non-hydrogen) atoms. The fourth-order valence-electron chi connectivity index (χ4n) is 1.54. The number of aromatic hydroxyl groups is 2. The van der Waals surface area contributed by atoms with Crippen LogP contribution in [0.1, 0.15) is 17.4 Å². The molecule has 0 aliphatic rings.